The number of carbonyl (C=O) groups is 2. The number of aromatic carboxylic acids is 1. The van der Waals surface area contributed by atoms with Crippen molar-refractivity contribution in [2.45, 2.75) is 123 Å². The van der Waals surface area contributed by atoms with Crippen molar-refractivity contribution in [3.8, 4) is 0 Å². The molecule has 0 aromatic heterocycles. The molecule has 8 heteroatoms. The van der Waals surface area contributed by atoms with Crippen LogP contribution in [0.15, 0.2) is 42.5 Å². The maximum atomic E-state index is 13.9. The quantitative estimate of drug-likeness (QED) is 0.292. The molecule has 0 spiro atoms. The van der Waals surface area contributed by atoms with Gasteiger partial charge in [0.25, 0.3) is 0 Å². The lowest BCUT2D eigenvalue weighted by Crippen LogP contribution is -2.68. The molecule has 1 aromatic rings. The Morgan fingerprint density at radius 2 is 1.67 bits per heavy atom. The van der Waals surface area contributed by atoms with Crippen LogP contribution in [0.4, 0.5) is 0 Å². The minimum atomic E-state index is -2.99. The second kappa shape index (κ2) is 11.5. The zero-order chi connectivity index (χ0) is 36.5. The first-order valence-electron chi connectivity index (χ1n) is 19.8. The standard InChI is InChI=1S/C43H60N2O5S/c1-26(2)31-14-19-43(44-36(46)24-45-23-30-22-29(45)25-51(30,49)50)21-20-41(6)33(37(31)43)12-13-35-40(5)17-15-32(27-8-10-28(11-9-27)38(47)48)39(3,4)34(40)16-18-42(35,41)7/h8-11,15,29-31,33-35,37H,1,12-14,16-25H2,2-7H3,(H,44,46)(H,47,48). The first kappa shape index (κ1) is 35.6. The van der Waals surface area contributed by atoms with Gasteiger partial charge in [-0.1, -0.05) is 65.0 Å². The van der Waals surface area contributed by atoms with Gasteiger partial charge >= 0.3 is 5.97 Å². The minimum Gasteiger partial charge on any atom is -0.478 e. The Balaban J connectivity index is 1.07. The van der Waals surface area contributed by atoms with E-state index in [1.54, 1.807) is 12.1 Å². The van der Waals surface area contributed by atoms with Crippen LogP contribution < -0.4 is 5.32 Å². The molecular weight excluding hydrogens is 657 g/mol. The minimum absolute atomic E-state index is 0.0136. The molecule has 11 atom stereocenters. The fourth-order valence-electron chi connectivity index (χ4n) is 14.7. The summed E-state index contributed by atoms with van der Waals surface area (Å²) in [7, 11) is -2.99. The summed E-state index contributed by atoms with van der Waals surface area (Å²) in [5.41, 5.74) is 4.36. The maximum absolute atomic E-state index is 13.9. The molecule has 2 bridgehead atoms. The summed E-state index contributed by atoms with van der Waals surface area (Å²) in [6.07, 6.45) is 13.2. The monoisotopic (exact) mass is 716 g/mol. The number of carboxylic acids is 1. The van der Waals surface area contributed by atoms with Crippen molar-refractivity contribution in [3.05, 3.63) is 53.6 Å². The van der Waals surface area contributed by atoms with Gasteiger partial charge in [-0.25, -0.2) is 13.2 Å². The number of hydrogen-bond acceptors (Lipinski definition) is 5. The fourth-order valence-corrected chi connectivity index (χ4v) is 16.8. The number of carbonyl (C=O) groups excluding carboxylic acids is 1. The van der Waals surface area contributed by atoms with Gasteiger partial charge < -0.3 is 10.4 Å². The highest BCUT2D eigenvalue weighted by atomic mass is 32.2. The number of rotatable bonds is 6. The van der Waals surface area contributed by atoms with Crippen molar-refractivity contribution in [1.82, 2.24) is 10.2 Å². The first-order chi connectivity index (χ1) is 23.9. The highest BCUT2D eigenvalue weighted by Gasteiger charge is 2.70. The molecule has 2 saturated heterocycles. The number of likely N-dealkylation sites (tertiary alicyclic amines) is 1. The summed E-state index contributed by atoms with van der Waals surface area (Å²) in [5, 5.41) is 12.9. The highest BCUT2D eigenvalue weighted by molar-refractivity contribution is 7.92. The number of fused-ring (bicyclic) bond motifs is 9. The second-order valence-electron chi connectivity index (χ2n) is 19.6. The molecule has 0 radical (unpaired) electrons. The molecule has 4 saturated carbocycles. The third-order valence-corrected chi connectivity index (χ3v) is 19.5. The zero-order valence-electron chi connectivity index (χ0n) is 31.8. The van der Waals surface area contributed by atoms with Crippen LogP contribution in [-0.4, -0.2) is 66.0 Å². The third kappa shape index (κ3) is 4.99. The molecule has 11 unspecified atom stereocenters. The first-order valence-corrected chi connectivity index (χ1v) is 21.5. The van der Waals surface area contributed by atoms with Crippen molar-refractivity contribution >= 4 is 27.3 Å². The molecule has 51 heavy (non-hydrogen) atoms. The van der Waals surface area contributed by atoms with Crippen molar-refractivity contribution < 1.29 is 23.1 Å². The number of nitrogens with zero attached hydrogens (tertiary/aromatic N) is 1. The molecule has 5 aliphatic carbocycles. The number of nitrogens with one attached hydrogen (secondary N) is 1. The smallest absolute Gasteiger partial charge is 0.335 e. The largest absolute Gasteiger partial charge is 0.478 e. The van der Waals surface area contributed by atoms with Crippen LogP contribution in [0.1, 0.15) is 122 Å². The van der Waals surface area contributed by atoms with E-state index in [2.05, 4.69) is 64.4 Å². The lowest BCUT2D eigenvalue weighted by Gasteiger charge is -2.72. The Morgan fingerprint density at radius 1 is 0.941 bits per heavy atom. The topological polar surface area (TPSA) is 104 Å². The van der Waals surface area contributed by atoms with Gasteiger partial charge in [-0.2, -0.15) is 0 Å². The number of carboxylic acid groups (broad SMARTS) is 1. The molecule has 2 N–H and O–H groups in total. The van der Waals surface area contributed by atoms with E-state index in [4.69, 9.17) is 0 Å². The van der Waals surface area contributed by atoms with Gasteiger partial charge in [-0.3, -0.25) is 9.69 Å². The maximum Gasteiger partial charge on any atom is 0.335 e. The van der Waals surface area contributed by atoms with Crippen molar-refractivity contribution in [2.24, 2.45) is 51.2 Å². The van der Waals surface area contributed by atoms with Crippen LogP contribution >= 0.6 is 0 Å². The highest BCUT2D eigenvalue weighted by Crippen LogP contribution is 2.76. The third-order valence-electron chi connectivity index (χ3n) is 17.2. The number of hydrogen-bond donors (Lipinski definition) is 2. The van der Waals surface area contributed by atoms with E-state index in [1.165, 1.54) is 36.8 Å². The average Bonchev–Trinajstić information content (AvgIpc) is 3.71. The van der Waals surface area contributed by atoms with E-state index < -0.39 is 15.8 Å². The van der Waals surface area contributed by atoms with E-state index in [0.29, 0.717) is 54.7 Å². The molecule has 7 nitrogen and oxygen atoms in total. The van der Waals surface area contributed by atoms with Crippen LogP contribution in [0.3, 0.4) is 0 Å². The molecule has 278 valence electrons. The molecule has 2 heterocycles. The van der Waals surface area contributed by atoms with Gasteiger partial charge in [0.05, 0.1) is 23.1 Å². The van der Waals surface area contributed by atoms with Gasteiger partial charge in [0.15, 0.2) is 9.84 Å². The van der Waals surface area contributed by atoms with E-state index in [-0.39, 0.29) is 50.2 Å². The van der Waals surface area contributed by atoms with E-state index in [9.17, 15) is 23.1 Å². The summed E-state index contributed by atoms with van der Waals surface area (Å²) in [5.74, 6) is 1.82. The normalized spacial score (nSPS) is 44.7. The molecule has 7 aliphatic rings. The molecular formula is C43H60N2O5S. The van der Waals surface area contributed by atoms with Gasteiger partial charge in [-0.15, -0.1) is 0 Å². The fraction of sp³-hybridized carbons (Fsp3) is 0.721. The van der Waals surface area contributed by atoms with Crippen molar-refractivity contribution in [2.75, 3.05) is 18.8 Å². The van der Waals surface area contributed by atoms with E-state index in [1.807, 2.05) is 12.1 Å². The Bertz CT molecular complexity index is 1800. The van der Waals surface area contributed by atoms with Crippen LogP contribution in [-0.2, 0) is 14.6 Å². The summed E-state index contributed by atoms with van der Waals surface area (Å²) in [6, 6.07) is 7.49. The molecule has 1 aromatic carbocycles. The second-order valence-corrected chi connectivity index (χ2v) is 21.9. The van der Waals surface area contributed by atoms with Gasteiger partial charge in [0, 0.05) is 18.1 Å². The Morgan fingerprint density at radius 3 is 2.29 bits per heavy atom. The molecule has 1 amide bonds. The Hall–Kier alpha value is -2.45. The summed E-state index contributed by atoms with van der Waals surface area (Å²) < 4.78 is 24.8. The Labute approximate surface area is 306 Å². The summed E-state index contributed by atoms with van der Waals surface area (Å²) in [4.78, 5) is 27.6. The predicted octanol–water partition coefficient (Wildman–Crippen LogP) is 7.78. The lowest BCUT2D eigenvalue weighted by molar-refractivity contribution is -0.219. The van der Waals surface area contributed by atoms with Crippen LogP contribution in [0, 0.1) is 51.2 Å². The average molecular weight is 717 g/mol. The van der Waals surface area contributed by atoms with Crippen molar-refractivity contribution in [1.29, 1.82) is 0 Å². The predicted molar refractivity (Wildman–Crippen MR) is 202 cm³/mol. The van der Waals surface area contributed by atoms with Crippen LogP contribution in [0.5, 0.6) is 0 Å². The van der Waals surface area contributed by atoms with Crippen LogP contribution in [0.2, 0.25) is 0 Å². The SMILES string of the molecule is C=C(C)C1CCC2(NC(=O)CN3CC4CC3CS4(=O)=O)CCC3(C)C(CCC4C5(C)CC=C(c6ccc(C(=O)O)cc6)C(C)(C)C5CCC43C)C12. The summed E-state index contributed by atoms with van der Waals surface area (Å²) in [6.45, 7) is 20.3. The van der Waals surface area contributed by atoms with Gasteiger partial charge in [-0.05, 0) is 146 Å². The van der Waals surface area contributed by atoms with Crippen LogP contribution in [0.25, 0.3) is 5.57 Å². The number of allylic oxidation sites excluding steroid dienone is 3. The number of sulfone groups is 1. The molecule has 6 fully saturated rings. The summed E-state index contributed by atoms with van der Waals surface area (Å²) >= 11 is 0. The number of benzene rings is 1. The molecule has 8 rings (SSSR count). The van der Waals surface area contributed by atoms with Gasteiger partial charge in [0.1, 0.15) is 0 Å². The number of amides is 1. The molecule has 2 aliphatic heterocycles. The van der Waals surface area contributed by atoms with E-state index >= 15 is 0 Å². The lowest BCUT2D eigenvalue weighted by atomic mass is 9.33. The van der Waals surface area contributed by atoms with Crippen molar-refractivity contribution in [3.63, 3.8) is 0 Å². The Kier molecular flexibility index (Phi) is 8.04. The van der Waals surface area contributed by atoms with E-state index in [0.717, 1.165) is 37.7 Å². The van der Waals surface area contributed by atoms with Gasteiger partial charge in [0.2, 0.25) is 5.91 Å². The zero-order valence-corrected chi connectivity index (χ0v) is 32.6.